The van der Waals surface area contributed by atoms with E-state index in [4.69, 9.17) is 17.3 Å². The predicted octanol–water partition coefficient (Wildman–Crippen LogP) is 4.11. The molecule has 2 N–H and O–H groups in total. The van der Waals surface area contributed by atoms with Gasteiger partial charge < -0.3 is 5.73 Å². The summed E-state index contributed by atoms with van der Waals surface area (Å²) < 4.78 is 0. The molecule has 1 rings (SSSR count). The number of nitro benzene ring substituents is 1. The van der Waals surface area contributed by atoms with Crippen LogP contribution in [0.15, 0.2) is 18.2 Å². The molecule has 0 radical (unpaired) electrons. The monoisotopic (exact) mass is 292 g/mol. The van der Waals surface area contributed by atoms with Gasteiger partial charge >= 0.3 is 0 Å². The van der Waals surface area contributed by atoms with Crippen LogP contribution in [-0.4, -0.2) is 4.92 Å². The van der Waals surface area contributed by atoms with Crippen molar-refractivity contribution in [3.63, 3.8) is 0 Å². The summed E-state index contributed by atoms with van der Waals surface area (Å²) in [5.74, 6) is 0.554. The minimum absolute atomic E-state index is 0. The highest BCUT2D eigenvalue weighted by Gasteiger charge is 2.15. The van der Waals surface area contributed by atoms with E-state index in [1.165, 1.54) is 18.2 Å². The first-order valence-electron chi connectivity index (χ1n) is 5.61. The van der Waals surface area contributed by atoms with E-state index in [-0.39, 0.29) is 24.1 Å². The van der Waals surface area contributed by atoms with Crippen LogP contribution in [0.2, 0.25) is 5.02 Å². The molecule has 0 bridgehead atoms. The van der Waals surface area contributed by atoms with Crippen LogP contribution in [0.25, 0.3) is 0 Å². The van der Waals surface area contributed by atoms with E-state index < -0.39 is 4.92 Å². The third-order valence-corrected chi connectivity index (χ3v) is 2.99. The molecular weight excluding hydrogens is 275 g/mol. The van der Waals surface area contributed by atoms with Crippen LogP contribution >= 0.6 is 24.0 Å². The average Bonchev–Trinajstić information content (AvgIpc) is 2.26. The Balaban J connectivity index is 0.00000289. The molecule has 0 fully saturated rings. The standard InChI is InChI=1S/C12H17ClN2O2.ClH/c1-8(2)3-6-12(14)10-7-9(15(16)17)4-5-11(10)13;/h4-5,7-8,12H,3,6,14H2,1-2H3;1H/t12-;/m0./s1. The fraction of sp³-hybridized carbons (Fsp3) is 0.500. The molecule has 0 aliphatic rings. The van der Waals surface area contributed by atoms with Gasteiger partial charge in [0.1, 0.15) is 0 Å². The summed E-state index contributed by atoms with van der Waals surface area (Å²) in [6.07, 6.45) is 1.75. The van der Waals surface area contributed by atoms with Crippen LogP contribution < -0.4 is 5.73 Å². The molecule has 1 atom stereocenters. The fourth-order valence-electron chi connectivity index (χ4n) is 1.60. The lowest BCUT2D eigenvalue weighted by Crippen LogP contribution is -2.12. The van der Waals surface area contributed by atoms with Crippen LogP contribution in [0, 0.1) is 16.0 Å². The first-order chi connectivity index (χ1) is 7.91. The number of benzene rings is 1. The van der Waals surface area contributed by atoms with Gasteiger partial charge in [-0.3, -0.25) is 10.1 Å². The van der Waals surface area contributed by atoms with Gasteiger partial charge in [0.05, 0.1) is 4.92 Å². The van der Waals surface area contributed by atoms with Gasteiger partial charge in [0.2, 0.25) is 0 Å². The number of non-ortho nitro benzene ring substituents is 1. The zero-order valence-corrected chi connectivity index (χ0v) is 12.0. The molecule has 102 valence electrons. The van der Waals surface area contributed by atoms with E-state index in [0.29, 0.717) is 16.5 Å². The van der Waals surface area contributed by atoms with Gasteiger partial charge in [-0.05, 0) is 30.4 Å². The van der Waals surface area contributed by atoms with Gasteiger partial charge in [0, 0.05) is 23.2 Å². The van der Waals surface area contributed by atoms with Crippen LogP contribution in [0.3, 0.4) is 0 Å². The summed E-state index contributed by atoms with van der Waals surface area (Å²) in [6, 6.07) is 4.14. The van der Waals surface area contributed by atoms with Crippen molar-refractivity contribution in [3.8, 4) is 0 Å². The molecule has 0 heterocycles. The minimum atomic E-state index is -0.436. The maximum atomic E-state index is 10.7. The molecule has 0 saturated carbocycles. The molecule has 0 saturated heterocycles. The zero-order chi connectivity index (χ0) is 13.0. The number of hydrogen-bond acceptors (Lipinski definition) is 3. The molecule has 18 heavy (non-hydrogen) atoms. The first kappa shape index (κ1) is 17.2. The van der Waals surface area contributed by atoms with Crippen molar-refractivity contribution >= 4 is 29.7 Å². The normalized spacial score (nSPS) is 12.1. The summed E-state index contributed by atoms with van der Waals surface area (Å²) in [5.41, 5.74) is 6.69. The second-order valence-corrected chi connectivity index (χ2v) is 4.95. The number of halogens is 2. The maximum Gasteiger partial charge on any atom is 0.269 e. The largest absolute Gasteiger partial charge is 0.324 e. The second-order valence-electron chi connectivity index (χ2n) is 4.54. The predicted molar refractivity (Wildman–Crippen MR) is 76.4 cm³/mol. The fourth-order valence-corrected chi connectivity index (χ4v) is 1.85. The van der Waals surface area contributed by atoms with E-state index >= 15 is 0 Å². The van der Waals surface area contributed by atoms with Gasteiger partial charge in [-0.1, -0.05) is 25.4 Å². The Labute approximate surface area is 118 Å². The number of rotatable bonds is 5. The van der Waals surface area contributed by atoms with E-state index in [9.17, 15) is 10.1 Å². The summed E-state index contributed by atoms with van der Waals surface area (Å²) in [6.45, 7) is 4.23. The van der Waals surface area contributed by atoms with Crippen LogP contribution in [-0.2, 0) is 0 Å². The maximum absolute atomic E-state index is 10.7. The van der Waals surface area contributed by atoms with Crippen molar-refractivity contribution in [2.24, 2.45) is 11.7 Å². The van der Waals surface area contributed by atoms with E-state index in [1.807, 2.05) is 0 Å². The van der Waals surface area contributed by atoms with Gasteiger partial charge in [0.15, 0.2) is 0 Å². The Morgan fingerprint density at radius 3 is 2.50 bits per heavy atom. The Morgan fingerprint density at radius 1 is 1.39 bits per heavy atom. The number of nitrogens with two attached hydrogens (primary N) is 1. The highest BCUT2D eigenvalue weighted by Crippen LogP contribution is 2.29. The van der Waals surface area contributed by atoms with Crippen molar-refractivity contribution in [1.29, 1.82) is 0 Å². The number of nitrogens with zero attached hydrogens (tertiary/aromatic N) is 1. The van der Waals surface area contributed by atoms with Crippen molar-refractivity contribution in [3.05, 3.63) is 38.9 Å². The smallest absolute Gasteiger partial charge is 0.269 e. The molecule has 0 unspecified atom stereocenters. The molecule has 1 aromatic carbocycles. The van der Waals surface area contributed by atoms with Gasteiger partial charge in [-0.15, -0.1) is 12.4 Å². The third kappa shape index (κ3) is 4.80. The Kier molecular flexibility index (Phi) is 7.21. The molecule has 0 spiro atoms. The highest BCUT2D eigenvalue weighted by atomic mass is 35.5. The summed E-state index contributed by atoms with van der Waals surface area (Å²) in [5, 5.41) is 11.2. The molecular formula is C12H18Cl2N2O2. The lowest BCUT2D eigenvalue weighted by molar-refractivity contribution is -0.384. The van der Waals surface area contributed by atoms with E-state index in [0.717, 1.165) is 12.8 Å². The lowest BCUT2D eigenvalue weighted by atomic mass is 9.98. The molecule has 0 amide bonds. The van der Waals surface area contributed by atoms with Crippen LogP contribution in [0.5, 0.6) is 0 Å². The van der Waals surface area contributed by atoms with Crippen molar-refractivity contribution in [2.45, 2.75) is 32.7 Å². The topological polar surface area (TPSA) is 69.2 Å². The summed E-state index contributed by atoms with van der Waals surface area (Å²) in [7, 11) is 0. The third-order valence-electron chi connectivity index (χ3n) is 2.64. The molecule has 1 aromatic rings. The molecule has 0 aliphatic carbocycles. The first-order valence-corrected chi connectivity index (χ1v) is 5.99. The summed E-state index contributed by atoms with van der Waals surface area (Å²) in [4.78, 5) is 10.2. The van der Waals surface area contributed by atoms with Gasteiger partial charge in [-0.25, -0.2) is 0 Å². The highest BCUT2D eigenvalue weighted by molar-refractivity contribution is 6.31. The Morgan fingerprint density at radius 2 is 2.00 bits per heavy atom. The van der Waals surface area contributed by atoms with E-state index in [2.05, 4.69) is 13.8 Å². The summed E-state index contributed by atoms with van der Waals surface area (Å²) >= 11 is 6.01. The quantitative estimate of drug-likeness (QED) is 0.656. The van der Waals surface area contributed by atoms with Crippen molar-refractivity contribution < 1.29 is 4.92 Å². The average molecular weight is 293 g/mol. The SMILES string of the molecule is CC(C)CC[C@H](N)c1cc([N+](=O)[O-])ccc1Cl.Cl. The second kappa shape index (κ2) is 7.56. The molecule has 4 nitrogen and oxygen atoms in total. The van der Waals surface area contributed by atoms with Crippen molar-refractivity contribution in [1.82, 2.24) is 0 Å². The lowest BCUT2D eigenvalue weighted by Gasteiger charge is -2.14. The molecule has 0 aliphatic heterocycles. The van der Waals surface area contributed by atoms with Crippen LogP contribution in [0.1, 0.15) is 38.3 Å². The molecule has 0 aromatic heterocycles. The minimum Gasteiger partial charge on any atom is -0.324 e. The Hall–Kier alpha value is -0.840. The van der Waals surface area contributed by atoms with Gasteiger partial charge in [-0.2, -0.15) is 0 Å². The van der Waals surface area contributed by atoms with E-state index in [1.54, 1.807) is 0 Å². The Bertz CT molecular complexity index is 411. The zero-order valence-electron chi connectivity index (χ0n) is 10.4. The molecule has 6 heteroatoms. The van der Waals surface area contributed by atoms with Gasteiger partial charge in [0.25, 0.3) is 5.69 Å². The van der Waals surface area contributed by atoms with Crippen molar-refractivity contribution in [2.75, 3.05) is 0 Å². The number of hydrogen-bond donors (Lipinski definition) is 1. The van der Waals surface area contributed by atoms with Crippen LogP contribution in [0.4, 0.5) is 5.69 Å². The number of nitro groups is 1.